The van der Waals surface area contributed by atoms with Gasteiger partial charge in [-0.05, 0) is 5.56 Å². The van der Waals surface area contributed by atoms with E-state index in [0.29, 0.717) is 5.56 Å². The zero-order valence-electron chi connectivity index (χ0n) is 8.28. The fourth-order valence-electron chi connectivity index (χ4n) is 1.31. The van der Waals surface area contributed by atoms with E-state index in [4.69, 9.17) is 10.4 Å². The second-order valence-electron chi connectivity index (χ2n) is 3.39. The van der Waals surface area contributed by atoms with Gasteiger partial charge in [-0.3, -0.25) is 0 Å². The summed E-state index contributed by atoms with van der Waals surface area (Å²) in [6.07, 6.45) is -7.77. The molecular formula is C11H10F3NO. The molecule has 0 fully saturated rings. The summed E-state index contributed by atoms with van der Waals surface area (Å²) in [4.78, 5) is 0. The van der Waals surface area contributed by atoms with Gasteiger partial charge in [-0.2, -0.15) is 18.4 Å². The van der Waals surface area contributed by atoms with Crippen molar-refractivity contribution < 1.29 is 18.3 Å². The van der Waals surface area contributed by atoms with Crippen LogP contribution in [-0.4, -0.2) is 17.4 Å². The molecule has 5 heteroatoms. The van der Waals surface area contributed by atoms with Crippen LogP contribution in [0.25, 0.3) is 0 Å². The van der Waals surface area contributed by atoms with Crippen molar-refractivity contribution in [3.63, 3.8) is 0 Å². The average Bonchev–Trinajstić information content (AvgIpc) is 2.25. The third kappa shape index (κ3) is 3.24. The quantitative estimate of drug-likeness (QED) is 0.865. The number of rotatable bonds is 3. The van der Waals surface area contributed by atoms with Crippen LogP contribution in [0.15, 0.2) is 30.3 Å². The second kappa shape index (κ2) is 4.99. The van der Waals surface area contributed by atoms with Crippen LogP contribution in [0.1, 0.15) is 17.9 Å². The number of aliphatic hydroxyl groups excluding tert-OH is 1. The van der Waals surface area contributed by atoms with E-state index in [-0.39, 0.29) is 0 Å². The van der Waals surface area contributed by atoms with Crippen molar-refractivity contribution in [2.24, 2.45) is 0 Å². The zero-order chi connectivity index (χ0) is 12.2. The normalized spacial score (nSPS) is 15.2. The fraction of sp³-hybridized carbons (Fsp3) is 0.364. The van der Waals surface area contributed by atoms with Crippen LogP contribution < -0.4 is 0 Å². The van der Waals surface area contributed by atoms with Crippen LogP contribution >= 0.6 is 0 Å². The highest BCUT2D eigenvalue weighted by Gasteiger charge is 2.39. The number of nitriles is 1. The first-order chi connectivity index (χ1) is 7.45. The first kappa shape index (κ1) is 12.5. The monoisotopic (exact) mass is 229 g/mol. The summed E-state index contributed by atoms with van der Waals surface area (Å²) in [5.74, 6) is -0.946. The minimum Gasteiger partial charge on any atom is -0.384 e. The molecule has 0 aliphatic rings. The predicted octanol–water partition coefficient (Wildman–Crippen LogP) is 2.61. The standard InChI is InChI=1S/C11H10F3NO/c12-11(13,14)10(16)6-9(7-15)8-4-2-1-3-5-8/h1-5,9-10,16H,6H2/t9-,10+/m1/s1. The topological polar surface area (TPSA) is 44.0 Å². The molecule has 16 heavy (non-hydrogen) atoms. The summed E-state index contributed by atoms with van der Waals surface area (Å²) in [6.45, 7) is 0. The highest BCUT2D eigenvalue weighted by Crippen LogP contribution is 2.28. The van der Waals surface area contributed by atoms with Gasteiger partial charge in [-0.15, -0.1) is 0 Å². The van der Waals surface area contributed by atoms with E-state index in [2.05, 4.69) is 0 Å². The predicted molar refractivity (Wildman–Crippen MR) is 51.5 cm³/mol. The number of hydrogen-bond donors (Lipinski definition) is 1. The molecule has 1 N–H and O–H groups in total. The van der Waals surface area contributed by atoms with Crippen LogP contribution in [-0.2, 0) is 0 Å². The molecule has 0 aliphatic heterocycles. The van der Waals surface area contributed by atoms with E-state index in [1.807, 2.05) is 0 Å². The lowest BCUT2D eigenvalue weighted by Gasteiger charge is -2.17. The Hall–Kier alpha value is -1.54. The molecule has 0 unspecified atom stereocenters. The number of nitrogens with zero attached hydrogens (tertiary/aromatic N) is 1. The Kier molecular flexibility index (Phi) is 3.91. The molecule has 0 aromatic heterocycles. The fourth-order valence-corrected chi connectivity index (χ4v) is 1.31. The van der Waals surface area contributed by atoms with Crippen molar-refractivity contribution >= 4 is 0 Å². The Morgan fingerprint density at radius 1 is 1.25 bits per heavy atom. The molecule has 0 saturated heterocycles. The smallest absolute Gasteiger partial charge is 0.384 e. The Bertz CT molecular complexity index is 369. The van der Waals surface area contributed by atoms with Crippen LogP contribution in [0.3, 0.4) is 0 Å². The molecule has 0 bridgehead atoms. The summed E-state index contributed by atoms with van der Waals surface area (Å²) >= 11 is 0. The number of aliphatic hydroxyl groups is 1. The highest BCUT2D eigenvalue weighted by molar-refractivity contribution is 5.24. The van der Waals surface area contributed by atoms with Crippen LogP contribution in [0, 0.1) is 11.3 Å². The average molecular weight is 229 g/mol. The van der Waals surface area contributed by atoms with Gasteiger partial charge >= 0.3 is 6.18 Å². The summed E-state index contributed by atoms with van der Waals surface area (Å²) < 4.78 is 36.3. The lowest BCUT2D eigenvalue weighted by atomic mass is 9.94. The van der Waals surface area contributed by atoms with Gasteiger partial charge in [0.05, 0.1) is 12.0 Å². The van der Waals surface area contributed by atoms with Gasteiger partial charge in [0.2, 0.25) is 0 Å². The summed E-state index contributed by atoms with van der Waals surface area (Å²) in [5, 5.41) is 17.6. The maximum Gasteiger partial charge on any atom is 0.414 e. The van der Waals surface area contributed by atoms with E-state index in [1.165, 1.54) is 0 Å². The molecule has 1 rings (SSSR count). The molecule has 1 aromatic carbocycles. The van der Waals surface area contributed by atoms with E-state index in [1.54, 1.807) is 36.4 Å². The maximum absolute atomic E-state index is 12.1. The van der Waals surface area contributed by atoms with Crippen molar-refractivity contribution in [2.45, 2.75) is 24.6 Å². The van der Waals surface area contributed by atoms with Gasteiger partial charge < -0.3 is 5.11 Å². The van der Waals surface area contributed by atoms with Gasteiger partial charge in [0, 0.05) is 6.42 Å². The minimum atomic E-state index is -4.68. The largest absolute Gasteiger partial charge is 0.414 e. The molecule has 0 amide bonds. The zero-order valence-corrected chi connectivity index (χ0v) is 8.28. The number of alkyl halides is 3. The first-order valence-electron chi connectivity index (χ1n) is 4.64. The Labute approximate surface area is 90.9 Å². The highest BCUT2D eigenvalue weighted by atomic mass is 19.4. The summed E-state index contributed by atoms with van der Waals surface area (Å²) in [6, 6.07) is 9.88. The third-order valence-electron chi connectivity index (χ3n) is 2.19. The van der Waals surface area contributed by atoms with Gasteiger partial charge in [0.15, 0.2) is 6.10 Å². The SMILES string of the molecule is N#C[C@@H](C[C@H](O)C(F)(F)F)c1ccccc1. The maximum atomic E-state index is 12.1. The van der Waals surface area contributed by atoms with Crippen molar-refractivity contribution in [3.05, 3.63) is 35.9 Å². The van der Waals surface area contributed by atoms with E-state index >= 15 is 0 Å². The Morgan fingerprint density at radius 2 is 1.81 bits per heavy atom. The lowest BCUT2D eigenvalue weighted by Crippen LogP contribution is -2.30. The van der Waals surface area contributed by atoms with Crippen LogP contribution in [0.4, 0.5) is 13.2 Å². The molecule has 2 nitrogen and oxygen atoms in total. The Balaban J connectivity index is 2.76. The molecule has 1 aromatic rings. The molecule has 0 heterocycles. The summed E-state index contributed by atoms with van der Waals surface area (Å²) in [7, 11) is 0. The minimum absolute atomic E-state index is 0.480. The van der Waals surface area contributed by atoms with Gasteiger partial charge in [0.1, 0.15) is 0 Å². The van der Waals surface area contributed by atoms with Crippen molar-refractivity contribution in [3.8, 4) is 6.07 Å². The van der Waals surface area contributed by atoms with Crippen molar-refractivity contribution in [1.82, 2.24) is 0 Å². The number of halogens is 3. The molecule has 0 aliphatic carbocycles. The van der Waals surface area contributed by atoms with Gasteiger partial charge in [-0.1, -0.05) is 30.3 Å². The first-order valence-corrected chi connectivity index (χ1v) is 4.64. The molecule has 0 saturated carbocycles. The van der Waals surface area contributed by atoms with Gasteiger partial charge in [-0.25, -0.2) is 0 Å². The third-order valence-corrected chi connectivity index (χ3v) is 2.19. The van der Waals surface area contributed by atoms with Gasteiger partial charge in [0.25, 0.3) is 0 Å². The van der Waals surface area contributed by atoms with E-state index in [0.717, 1.165) is 0 Å². The lowest BCUT2D eigenvalue weighted by molar-refractivity contribution is -0.205. The molecular weight excluding hydrogens is 219 g/mol. The number of benzene rings is 1. The van der Waals surface area contributed by atoms with Crippen molar-refractivity contribution in [2.75, 3.05) is 0 Å². The molecule has 0 spiro atoms. The summed E-state index contributed by atoms with van der Waals surface area (Å²) in [5.41, 5.74) is 0.480. The van der Waals surface area contributed by atoms with E-state index < -0.39 is 24.6 Å². The van der Waals surface area contributed by atoms with Crippen LogP contribution in [0.2, 0.25) is 0 Å². The Morgan fingerprint density at radius 3 is 2.25 bits per heavy atom. The molecule has 86 valence electrons. The second-order valence-corrected chi connectivity index (χ2v) is 3.39. The van der Waals surface area contributed by atoms with Crippen molar-refractivity contribution in [1.29, 1.82) is 5.26 Å². The van der Waals surface area contributed by atoms with E-state index in [9.17, 15) is 13.2 Å². The molecule has 2 atom stereocenters. The van der Waals surface area contributed by atoms with Crippen LogP contribution in [0.5, 0.6) is 0 Å². The number of hydrogen-bond acceptors (Lipinski definition) is 2. The molecule has 0 radical (unpaired) electrons.